The summed E-state index contributed by atoms with van der Waals surface area (Å²) in [5.74, 6) is 0.946. The van der Waals surface area contributed by atoms with Crippen molar-refractivity contribution in [2.45, 2.75) is 51.9 Å². The van der Waals surface area contributed by atoms with Gasteiger partial charge in [-0.1, -0.05) is 13.3 Å². The van der Waals surface area contributed by atoms with Gasteiger partial charge in [-0.15, -0.1) is 0 Å². The van der Waals surface area contributed by atoms with Crippen LogP contribution in [0, 0.1) is 11.3 Å². The van der Waals surface area contributed by atoms with Gasteiger partial charge in [0.2, 0.25) is 0 Å². The highest BCUT2D eigenvalue weighted by Gasteiger charge is 2.33. The molecule has 3 nitrogen and oxygen atoms in total. The summed E-state index contributed by atoms with van der Waals surface area (Å²) in [6.07, 6.45) is 10.9. The molecule has 3 heteroatoms. The lowest BCUT2D eigenvalue weighted by Gasteiger charge is -2.39. The summed E-state index contributed by atoms with van der Waals surface area (Å²) < 4.78 is 1.99. The van der Waals surface area contributed by atoms with Crippen LogP contribution in [0.4, 0.5) is 0 Å². The van der Waals surface area contributed by atoms with Crippen LogP contribution in [0.2, 0.25) is 0 Å². The predicted octanol–water partition coefficient (Wildman–Crippen LogP) is 2.90. The molecule has 0 spiro atoms. The minimum atomic E-state index is 0.399. The van der Waals surface area contributed by atoms with E-state index in [2.05, 4.69) is 18.1 Å². The molecule has 0 atom stereocenters. The fraction of sp³-hybridized carbons (Fsp3) is 0.800. The zero-order chi connectivity index (χ0) is 13.0. The zero-order valence-corrected chi connectivity index (χ0v) is 11.9. The topological polar surface area (TPSA) is 43.8 Å². The van der Waals surface area contributed by atoms with Crippen molar-refractivity contribution < 1.29 is 0 Å². The molecule has 0 saturated heterocycles. The minimum Gasteiger partial charge on any atom is -0.330 e. The Labute approximate surface area is 111 Å². The number of hydrogen-bond donors (Lipinski definition) is 1. The van der Waals surface area contributed by atoms with Crippen LogP contribution < -0.4 is 5.73 Å². The summed E-state index contributed by atoms with van der Waals surface area (Å²) in [5, 5.41) is 4.24. The molecule has 1 aromatic rings. The Morgan fingerprint density at radius 2 is 2.17 bits per heavy atom. The summed E-state index contributed by atoms with van der Waals surface area (Å²) in [6.45, 7) is 3.16. The van der Waals surface area contributed by atoms with E-state index in [0.29, 0.717) is 5.41 Å². The van der Waals surface area contributed by atoms with Gasteiger partial charge >= 0.3 is 0 Å². The highest BCUT2D eigenvalue weighted by atomic mass is 15.2. The number of rotatable bonds is 5. The first-order chi connectivity index (χ1) is 8.69. The van der Waals surface area contributed by atoms with Gasteiger partial charge in [0.05, 0.1) is 0 Å². The molecule has 18 heavy (non-hydrogen) atoms. The Bertz CT molecular complexity index is 362. The molecule has 0 radical (unpaired) electrons. The van der Waals surface area contributed by atoms with E-state index < -0.39 is 0 Å². The fourth-order valence-electron chi connectivity index (χ4n) is 3.29. The van der Waals surface area contributed by atoms with Gasteiger partial charge in [0, 0.05) is 18.9 Å². The van der Waals surface area contributed by atoms with Crippen LogP contribution in [0.15, 0.2) is 12.3 Å². The molecule has 1 heterocycles. The Kier molecular flexibility index (Phi) is 4.44. The molecule has 1 fully saturated rings. The van der Waals surface area contributed by atoms with Crippen LogP contribution in [0.5, 0.6) is 0 Å². The average Bonchev–Trinajstić information content (AvgIpc) is 2.83. The third-order valence-corrected chi connectivity index (χ3v) is 5.01. The third-order valence-electron chi connectivity index (χ3n) is 5.01. The highest BCUT2D eigenvalue weighted by Crippen LogP contribution is 2.42. The van der Waals surface area contributed by atoms with Crippen LogP contribution in [0.1, 0.15) is 51.1 Å². The standard InChI is InChI=1S/C15H27N3/c1-3-13-4-8-15(12-16,9-5-13)10-6-14-7-11-17-18(14)2/h7,11,13H,3-6,8-10,12,16H2,1-2H3. The molecular weight excluding hydrogens is 222 g/mol. The van der Waals surface area contributed by atoms with Crippen molar-refractivity contribution in [3.63, 3.8) is 0 Å². The summed E-state index contributed by atoms with van der Waals surface area (Å²) in [7, 11) is 2.03. The summed E-state index contributed by atoms with van der Waals surface area (Å²) in [4.78, 5) is 0. The van der Waals surface area contributed by atoms with Gasteiger partial charge in [-0.25, -0.2) is 0 Å². The normalized spacial score (nSPS) is 28.5. The van der Waals surface area contributed by atoms with Gasteiger partial charge in [-0.2, -0.15) is 5.10 Å². The van der Waals surface area contributed by atoms with Crippen LogP contribution in [-0.4, -0.2) is 16.3 Å². The Morgan fingerprint density at radius 1 is 1.44 bits per heavy atom. The highest BCUT2D eigenvalue weighted by molar-refractivity contribution is 5.01. The molecule has 102 valence electrons. The van der Waals surface area contributed by atoms with Gasteiger partial charge in [-0.05, 0) is 62.5 Å². The van der Waals surface area contributed by atoms with Crippen molar-refractivity contribution in [2.75, 3.05) is 6.54 Å². The number of hydrogen-bond acceptors (Lipinski definition) is 2. The first kappa shape index (κ1) is 13.6. The molecule has 0 aliphatic heterocycles. The monoisotopic (exact) mass is 249 g/mol. The molecule has 1 aliphatic rings. The van der Waals surface area contributed by atoms with Crippen molar-refractivity contribution in [2.24, 2.45) is 24.1 Å². The maximum absolute atomic E-state index is 6.08. The third kappa shape index (κ3) is 2.94. The van der Waals surface area contributed by atoms with E-state index in [1.54, 1.807) is 0 Å². The van der Waals surface area contributed by atoms with E-state index in [4.69, 9.17) is 5.73 Å². The van der Waals surface area contributed by atoms with Crippen molar-refractivity contribution in [1.29, 1.82) is 0 Å². The molecule has 2 N–H and O–H groups in total. The summed E-state index contributed by atoms with van der Waals surface area (Å²) in [6, 6.07) is 2.13. The second-order valence-corrected chi connectivity index (χ2v) is 6.00. The SMILES string of the molecule is CCC1CCC(CN)(CCc2ccnn2C)CC1. The molecule has 1 aliphatic carbocycles. The molecule has 0 aromatic carbocycles. The molecule has 0 amide bonds. The van der Waals surface area contributed by atoms with E-state index in [-0.39, 0.29) is 0 Å². The molecule has 0 unspecified atom stereocenters. The Morgan fingerprint density at radius 3 is 2.67 bits per heavy atom. The van der Waals surface area contributed by atoms with Crippen LogP contribution in [0.3, 0.4) is 0 Å². The Hall–Kier alpha value is -0.830. The summed E-state index contributed by atoms with van der Waals surface area (Å²) in [5.41, 5.74) is 7.81. The van der Waals surface area contributed by atoms with Crippen molar-refractivity contribution in [3.8, 4) is 0 Å². The van der Waals surface area contributed by atoms with E-state index >= 15 is 0 Å². The lowest BCUT2D eigenvalue weighted by atomic mass is 9.67. The maximum Gasteiger partial charge on any atom is 0.0492 e. The van der Waals surface area contributed by atoms with Crippen LogP contribution in [-0.2, 0) is 13.5 Å². The van der Waals surface area contributed by atoms with Gasteiger partial charge in [0.1, 0.15) is 0 Å². The minimum absolute atomic E-state index is 0.399. The molecule has 1 saturated carbocycles. The lowest BCUT2D eigenvalue weighted by Crippen LogP contribution is -2.35. The van der Waals surface area contributed by atoms with E-state index in [9.17, 15) is 0 Å². The smallest absolute Gasteiger partial charge is 0.0492 e. The number of aryl methyl sites for hydroxylation is 2. The van der Waals surface area contributed by atoms with Crippen molar-refractivity contribution >= 4 is 0 Å². The Balaban J connectivity index is 1.91. The maximum atomic E-state index is 6.08. The van der Waals surface area contributed by atoms with Gasteiger partial charge in [0.15, 0.2) is 0 Å². The van der Waals surface area contributed by atoms with Crippen molar-refractivity contribution in [1.82, 2.24) is 9.78 Å². The molecule has 0 bridgehead atoms. The van der Waals surface area contributed by atoms with Gasteiger partial charge < -0.3 is 5.73 Å². The first-order valence-corrected chi connectivity index (χ1v) is 7.36. The van der Waals surface area contributed by atoms with E-state index in [0.717, 1.165) is 18.9 Å². The van der Waals surface area contributed by atoms with Gasteiger partial charge in [0.25, 0.3) is 0 Å². The van der Waals surface area contributed by atoms with Crippen LogP contribution in [0.25, 0.3) is 0 Å². The number of aromatic nitrogens is 2. The van der Waals surface area contributed by atoms with Crippen LogP contribution >= 0.6 is 0 Å². The zero-order valence-electron chi connectivity index (χ0n) is 11.9. The molecule has 2 rings (SSSR count). The average molecular weight is 249 g/mol. The van der Waals surface area contributed by atoms with E-state index in [1.165, 1.54) is 44.2 Å². The predicted molar refractivity (Wildman–Crippen MR) is 75.3 cm³/mol. The number of nitrogens with zero attached hydrogens (tertiary/aromatic N) is 2. The number of nitrogens with two attached hydrogens (primary N) is 1. The molecule has 1 aromatic heterocycles. The largest absolute Gasteiger partial charge is 0.330 e. The lowest BCUT2D eigenvalue weighted by molar-refractivity contribution is 0.142. The summed E-state index contributed by atoms with van der Waals surface area (Å²) >= 11 is 0. The first-order valence-electron chi connectivity index (χ1n) is 7.36. The second kappa shape index (κ2) is 5.87. The van der Waals surface area contributed by atoms with Crippen molar-refractivity contribution in [3.05, 3.63) is 18.0 Å². The second-order valence-electron chi connectivity index (χ2n) is 6.00. The fourth-order valence-corrected chi connectivity index (χ4v) is 3.29. The quantitative estimate of drug-likeness (QED) is 0.872. The molecular formula is C15H27N3. The van der Waals surface area contributed by atoms with Gasteiger partial charge in [-0.3, -0.25) is 4.68 Å². The van der Waals surface area contributed by atoms with E-state index in [1.807, 2.05) is 17.9 Å².